The van der Waals surface area contributed by atoms with Gasteiger partial charge in [0.05, 0.1) is 21.9 Å². The van der Waals surface area contributed by atoms with Crippen LogP contribution in [0, 0.1) is 0 Å². The highest BCUT2D eigenvalue weighted by molar-refractivity contribution is 6.30. The van der Waals surface area contributed by atoms with Crippen molar-refractivity contribution in [2.75, 3.05) is 6.54 Å². The van der Waals surface area contributed by atoms with E-state index in [2.05, 4.69) is 33.9 Å². The van der Waals surface area contributed by atoms with Crippen LogP contribution in [-0.4, -0.2) is 20.7 Å². The van der Waals surface area contributed by atoms with Gasteiger partial charge in [0.25, 0.3) is 5.56 Å². The third kappa shape index (κ3) is 3.92. The number of rotatable bonds is 5. The molecule has 1 aromatic carbocycles. The second-order valence-corrected chi connectivity index (χ2v) is 8.41. The Bertz CT molecular complexity index is 1320. The maximum absolute atomic E-state index is 12.9. The van der Waals surface area contributed by atoms with Gasteiger partial charge < -0.3 is 14.6 Å². The molecule has 3 aromatic heterocycles. The summed E-state index contributed by atoms with van der Waals surface area (Å²) in [4.78, 5) is 17.1. The summed E-state index contributed by atoms with van der Waals surface area (Å²) in [5.41, 5.74) is 5.44. The van der Waals surface area contributed by atoms with Crippen molar-refractivity contribution in [2.45, 2.75) is 39.5 Å². The predicted molar refractivity (Wildman–Crippen MR) is 127 cm³/mol. The van der Waals surface area contributed by atoms with Crippen LogP contribution in [0.3, 0.4) is 0 Å². The summed E-state index contributed by atoms with van der Waals surface area (Å²) in [5.74, 6) is 0.513. The van der Waals surface area contributed by atoms with Crippen molar-refractivity contribution >= 4 is 22.5 Å². The van der Waals surface area contributed by atoms with Crippen LogP contribution >= 0.6 is 11.6 Å². The Morgan fingerprint density at radius 3 is 2.88 bits per heavy atom. The highest BCUT2D eigenvalue weighted by Crippen LogP contribution is 2.30. The summed E-state index contributed by atoms with van der Waals surface area (Å²) in [6.45, 7) is 5.31. The molecule has 1 aliphatic heterocycles. The maximum atomic E-state index is 12.9. The minimum atomic E-state index is -0.135. The Labute approximate surface area is 191 Å². The molecule has 0 bridgehead atoms. The fourth-order valence-electron chi connectivity index (χ4n) is 4.46. The third-order valence-electron chi connectivity index (χ3n) is 6.00. The van der Waals surface area contributed by atoms with Gasteiger partial charge in [-0.2, -0.15) is 0 Å². The fourth-order valence-corrected chi connectivity index (χ4v) is 4.58. The standard InChI is InChI=1S/C25H25ClN4O2/c1-2-29-23-4-3-10-27-15-22(23)21-8-7-19(12-24(21)29)30-11-9-20(13-25(30)31)32-16-18-6-5-17(26)14-28-18/h5-9,11-14,27H,2-4,10,15-16H2,1H3. The molecule has 4 aromatic rings. The molecular formula is C25H25ClN4O2. The number of pyridine rings is 2. The van der Waals surface area contributed by atoms with Gasteiger partial charge >= 0.3 is 0 Å². The lowest BCUT2D eigenvalue weighted by Gasteiger charge is -2.11. The predicted octanol–water partition coefficient (Wildman–Crippen LogP) is 4.48. The van der Waals surface area contributed by atoms with Crippen LogP contribution in [0.15, 0.2) is 59.7 Å². The van der Waals surface area contributed by atoms with E-state index in [-0.39, 0.29) is 12.2 Å². The average molecular weight is 449 g/mol. The van der Waals surface area contributed by atoms with Crippen molar-refractivity contribution < 1.29 is 4.74 Å². The number of nitrogens with one attached hydrogen (secondary N) is 1. The number of benzene rings is 1. The zero-order valence-electron chi connectivity index (χ0n) is 18.0. The lowest BCUT2D eigenvalue weighted by atomic mass is 10.1. The Kier molecular flexibility index (Phi) is 5.72. The van der Waals surface area contributed by atoms with Crippen molar-refractivity contribution in [1.82, 2.24) is 19.4 Å². The van der Waals surface area contributed by atoms with E-state index in [0.29, 0.717) is 10.8 Å². The Balaban J connectivity index is 1.44. The molecule has 6 nitrogen and oxygen atoms in total. The maximum Gasteiger partial charge on any atom is 0.258 e. The molecule has 0 radical (unpaired) electrons. The topological polar surface area (TPSA) is 61.1 Å². The molecule has 0 spiro atoms. The molecular weight excluding hydrogens is 424 g/mol. The Hall–Kier alpha value is -3.09. The Morgan fingerprint density at radius 2 is 2.09 bits per heavy atom. The van der Waals surface area contributed by atoms with Gasteiger partial charge in [0.15, 0.2) is 0 Å². The van der Waals surface area contributed by atoms with E-state index < -0.39 is 0 Å². The van der Waals surface area contributed by atoms with Crippen LogP contribution in [0.4, 0.5) is 0 Å². The Morgan fingerprint density at radius 1 is 1.19 bits per heavy atom. The van der Waals surface area contributed by atoms with Crippen molar-refractivity contribution in [2.24, 2.45) is 0 Å². The quantitative estimate of drug-likeness (QED) is 0.489. The van der Waals surface area contributed by atoms with Gasteiger partial charge in [-0.25, -0.2) is 0 Å². The number of fused-ring (bicyclic) bond motifs is 3. The van der Waals surface area contributed by atoms with Gasteiger partial charge in [-0.05, 0) is 62.2 Å². The minimum absolute atomic E-state index is 0.135. The van der Waals surface area contributed by atoms with Crippen molar-refractivity contribution in [3.63, 3.8) is 0 Å². The summed E-state index contributed by atoms with van der Waals surface area (Å²) >= 11 is 5.87. The summed E-state index contributed by atoms with van der Waals surface area (Å²) in [5, 5.41) is 5.37. The summed E-state index contributed by atoms with van der Waals surface area (Å²) in [6.07, 6.45) is 5.56. The van der Waals surface area contributed by atoms with E-state index in [4.69, 9.17) is 16.3 Å². The molecule has 0 aliphatic carbocycles. The zero-order chi connectivity index (χ0) is 22.1. The first-order valence-electron chi connectivity index (χ1n) is 10.9. The molecule has 0 saturated heterocycles. The zero-order valence-corrected chi connectivity index (χ0v) is 18.7. The molecule has 5 rings (SSSR count). The molecule has 164 valence electrons. The summed E-state index contributed by atoms with van der Waals surface area (Å²) in [7, 11) is 0. The van der Waals surface area contributed by atoms with E-state index in [1.54, 1.807) is 35.2 Å². The van der Waals surface area contributed by atoms with Crippen LogP contribution in [0.25, 0.3) is 16.6 Å². The van der Waals surface area contributed by atoms with Gasteiger partial charge in [0, 0.05) is 42.6 Å². The van der Waals surface area contributed by atoms with Gasteiger partial charge in [-0.3, -0.25) is 14.3 Å². The monoisotopic (exact) mass is 448 g/mol. The third-order valence-corrected chi connectivity index (χ3v) is 6.22. The number of ether oxygens (including phenoxy) is 1. The van der Waals surface area contributed by atoms with E-state index in [1.165, 1.54) is 28.2 Å². The van der Waals surface area contributed by atoms with E-state index >= 15 is 0 Å². The van der Waals surface area contributed by atoms with Crippen LogP contribution in [0.1, 0.15) is 30.3 Å². The lowest BCUT2D eigenvalue weighted by molar-refractivity contribution is 0.300. The first kappa shape index (κ1) is 20.8. The summed E-state index contributed by atoms with van der Waals surface area (Å²) < 4.78 is 9.80. The fraction of sp³-hybridized carbons (Fsp3) is 0.280. The van der Waals surface area contributed by atoms with Gasteiger partial charge in [-0.15, -0.1) is 0 Å². The van der Waals surface area contributed by atoms with E-state index in [9.17, 15) is 4.79 Å². The highest BCUT2D eigenvalue weighted by Gasteiger charge is 2.18. The first-order chi connectivity index (χ1) is 15.6. The van der Waals surface area contributed by atoms with Gasteiger partial charge in [0.2, 0.25) is 0 Å². The van der Waals surface area contributed by atoms with Crippen molar-refractivity contribution in [3.8, 4) is 11.4 Å². The molecule has 32 heavy (non-hydrogen) atoms. The van der Waals surface area contributed by atoms with Crippen molar-refractivity contribution in [1.29, 1.82) is 0 Å². The largest absolute Gasteiger partial charge is 0.487 e. The number of aryl methyl sites for hydroxylation is 1. The number of hydrogen-bond donors (Lipinski definition) is 1. The molecule has 4 heterocycles. The molecule has 1 N–H and O–H groups in total. The van der Waals surface area contributed by atoms with Gasteiger partial charge in [-0.1, -0.05) is 17.7 Å². The van der Waals surface area contributed by atoms with Crippen LogP contribution in [0.2, 0.25) is 5.02 Å². The van der Waals surface area contributed by atoms with E-state index in [1.807, 2.05) is 6.07 Å². The van der Waals surface area contributed by atoms with Crippen LogP contribution < -0.4 is 15.6 Å². The molecule has 7 heteroatoms. The second-order valence-electron chi connectivity index (χ2n) is 7.98. The molecule has 0 atom stereocenters. The van der Waals surface area contributed by atoms with Crippen LogP contribution in [0.5, 0.6) is 5.75 Å². The van der Waals surface area contributed by atoms with Crippen molar-refractivity contribution in [3.05, 3.63) is 87.2 Å². The SMILES string of the molecule is CCn1c2c(c3ccc(-n4ccc(OCc5ccc(Cl)cn5)cc4=O)cc31)CNCCC2. The number of hydrogen-bond acceptors (Lipinski definition) is 4. The number of halogens is 1. The van der Waals surface area contributed by atoms with Gasteiger partial charge in [0.1, 0.15) is 12.4 Å². The number of aromatic nitrogens is 3. The van der Waals surface area contributed by atoms with Crippen LogP contribution in [-0.2, 0) is 26.1 Å². The molecule has 0 amide bonds. The average Bonchev–Trinajstić information content (AvgIpc) is 2.93. The lowest BCUT2D eigenvalue weighted by Crippen LogP contribution is -2.17. The summed E-state index contributed by atoms with van der Waals surface area (Å²) in [6, 6.07) is 13.2. The molecule has 1 aliphatic rings. The molecule has 0 fully saturated rings. The molecule has 0 saturated carbocycles. The molecule has 0 unspecified atom stereocenters. The first-order valence-corrected chi connectivity index (χ1v) is 11.3. The number of nitrogens with zero attached hydrogens (tertiary/aromatic N) is 3. The smallest absolute Gasteiger partial charge is 0.258 e. The normalized spacial score (nSPS) is 13.7. The van der Waals surface area contributed by atoms with E-state index in [0.717, 1.165) is 43.9 Å². The second kappa shape index (κ2) is 8.81. The minimum Gasteiger partial charge on any atom is -0.487 e. The highest BCUT2D eigenvalue weighted by atomic mass is 35.5.